The van der Waals surface area contributed by atoms with Crippen molar-refractivity contribution in [1.82, 2.24) is 44.8 Å². The van der Waals surface area contributed by atoms with Gasteiger partial charge in [0, 0.05) is 74.5 Å². The van der Waals surface area contributed by atoms with Crippen molar-refractivity contribution in [2.75, 3.05) is 6.54 Å². The predicted molar refractivity (Wildman–Crippen MR) is 147 cm³/mol. The molecule has 3 aliphatic carbocycles. The Labute approximate surface area is 224 Å². The molecule has 39 heavy (non-hydrogen) atoms. The predicted octanol–water partition coefficient (Wildman–Crippen LogP) is 3.82. The maximum atomic E-state index is 13.8. The van der Waals surface area contributed by atoms with E-state index in [9.17, 15) is 4.39 Å². The molecular formula is C29H30FN9. The third-order valence-corrected chi connectivity index (χ3v) is 8.36. The number of nitrogens with one attached hydrogen (secondary N) is 3. The van der Waals surface area contributed by atoms with E-state index in [0.29, 0.717) is 6.54 Å². The summed E-state index contributed by atoms with van der Waals surface area (Å²) in [7, 11) is 2.04. The molecule has 5 aromatic heterocycles. The maximum absolute atomic E-state index is 13.8. The molecule has 0 unspecified atom stereocenters. The maximum Gasteiger partial charge on any atom is 0.137 e. The molecule has 3 saturated carbocycles. The lowest BCUT2D eigenvalue weighted by Crippen LogP contribution is -2.67. The number of fused-ring (bicyclic) bond motifs is 2. The second kappa shape index (κ2) is 8.17. The van der Waals surface area contributed by atoms with E-state index in [1.807, 2.05) is 30.7 Å². The molecule has 0 atom stereocenters. The zero-order valence-corrected chi connectivity index (χ0v) is 21.7. The summed E-state index contributed by atoms with van der Waals surface area (Å²) in [5.41, 5.74) is 13.0. The summed E-state index contributed by atoms with van der Waals surface area (Å²) in [5, 5.41) is 6.71. The number of hydrogen-bond donors (Lipinski definition) is 3. The fraction of sp³-hybridized carbons (Fsp3) is 0.310. The molecule has 9 rings (SSSR count). The van der Waals surface area contributed by atoms with Crippen LogP contribution in [0.4, 0.5) is 4.39 Å². The van der Waals surface area contributed by atoms with Crippen LogP contribution < -0.4 is 16.3 Å². The van der Waals surface area contributed by atoms with Crippen LogP contribution >= 0.6 is 0 Å². The lowest BCUT2D eigenvalue weighted by atomic mass is 9.42. The molecule has 3 N–H and O–H groups in total. The average molecular weight is 524 g/mol. The summed E-state index contributed by atoms with van der Waals surface area (Å²) < 4.78 is 20.1. The Morgan fingerprint density at radius 3 is 2.85 bits per heavy atom. The highest BCUT2D eigenvalue weighted by atomic mass is 19.1. The SMILES string of the molecule is Cn1cc2ccn(-c3cncc(C4=CN(Cc5cn6cc(CNCC78CC(F)(C7)C8)ccc6n5)NN4)c3)c2c1. The first-order chi connectivity index (χ1) is 18.9. The van der Waals surface area contributed by atoms with Crippen molar-refractivity contribution in [3.05, 3.63) is 90.7 Å². The van der Waals surface area contributed by atoms with Gasteiger partial charge in [-0.3, -0.25) is 9.99 Å². The number of imidazole rings is 1. The van der Waals surface area contributed by atoms with E-state index in [-0.39, 0.29) is 5.41 Å². The number of rotatable bonds is 8. The van der Waals surface area contributed by atoms with Crippen LogP contribution in [0, 0.1) is 5.41 Å². The molecule has 4 aliphatic rings. The third kappa shape index (κ3) is 3.90. The van der Waals surface area contributed by atoms with Gasteiger partial charge in [-0.1, -0.05) is 6.07 Å². The second-order valence-electron chi connectivity index (χ2n) is 11.6. The van der Waals surface area contributed by atoms with Gasteiger partial charge in [0.05, 0.1) is 35.3 Å². The van der Waals surface area contributed by atoms with Crippen LogP contribution in [-0.2, 0) is 20.1 Å². The van der Waals surface area contributed by atoms with Crippen LogP contribution in [0.25, 0.3) is 27.9 Å². The van der Waals surface area contributed by atoms with E-state index in [1.54, 1.807) is 0 Å². The van der Waals surface area contributed by atoms with Crippen molar-refractivity contribution in [3.8, 4) is 5.69 Å². The molecule has 0 amide bonds. The van der Waals surface area contributed by atoms with Crippen LogP contribution in [0.2, 0.25) is 0 Å². The minimum Gasteiger partial charge on any atom is -0.355 e. The minimum atomic E-state index is -0.831. The molecule has 6 heterocycles. The molecule has 9 nitrogen and oxygen atoms in total. The number of aryl methyl sites for hydroxylation is 1. The van der Waals surface area contributed by atoms with E-state index < -0.39 is 5.67 Å². The van der Waals surface area contributed by atoms with E-state index in [4.69, 9.17) is 4.98 Å². The van der Waals surface area contributed by atoms with Crippen LogP contribution in [0.3, 0.4) is 0 Å². The van der Waals surface area contributed by atoms with Crippen LogP contribution in [0.15, 0.2) is 73.8 Å². The van der Waals surface area contributed by atoms with Crippen molar-refractivity contribution >= 4 is 22.2 Å². The van der Waals surface area contributed by atoms with Gasteiger partial charge in [-0.25, -0.2) is 9.37 Å². The van der Waals surface area contributed by atoms with Crippen molar-refractivity contribution < 1.29 is 4.39 Å². The first-order valence-electron chi connectivity index (χ1n) is 13.4. The molecule has 2 bridgehead atoms. The van der Waals surface area contributed by atoms with Crippen molar-refractivity contribution in [2.24, 2.45) is 12.5 Å². The second-order valence-corrected chi connectivity index (χ2v) is 11.6. The van der Waals surface area contributed by atoms with E-state index >= 15 is 0 Å². The van der Waals surface area contributed by atoms with Gasteiger partial charge in [0.2, 0.25) is 0 Å². The fourth-order valence-corrected chi connectivity index (χ4v) is 6.64. The number of alkyl halides is 1. The van der Waals surface area contributed by atoms with Gasteiger partial charge in [-0.2, -0.15) is 0 Å². The lowest BCUT2D eigenvalue weighted by molar-refractivity contribution is -0.209. The molecule has 3 fully saturated rings. The molecule has 1 aliphatic heterocycles. The number of pyridine rings is 2. The fourth-order valence-electron chi connectivity index (χ4n) is 6.64. The van der Waals surface area contributed by atoms with E-state index in [1.165, 1.54) is 10.9 Å². The van der Waals surface area contributed by atoms with Crippen molar-refractivity contribution in [2.45, 2.75) is 38.0 Å². The molecule has 0 aromatic carbocycles. The number of nitrogens with zero attached hydrogens (tertiary/aromatic N) is 6. The summed E-state index contributed by atoms with van der Waals surface area (Å²) >= 11 is 0. The molecular weight excluding hydrogens is 493 g/mol. The molecule has 0 radical (unpaired) electrons. The minimum absolute atomic E-state index is 0.220. The first kappa shape index (κ1) is 22.8. The van der Waals surface area contributed by atoms with Gasteiger partial charge >= 0.3 is 0 Å². The third-order valence-electron chi connectivity index (χ3n) is 8.36. The Bertz CT molecular complexity index is 1740. The van der Waals surface area contributed by atoms with Gasteiger partial charge < -0.3 is 24.3 Å². The van der Waals surface area contributed by atoms with Gasteiger partial charge in [0.1, 0.15) is 11.3 Å². The zero-order valence-electron chi connectivity index (χ0n) is 21.7. The van der Waals surface area contributed by atoms with Gasteiger partial charge in [0.25, 0.3) is 0 Å². The molecule has 10 heteroatoms. The summed E-state index contributed by atoms with van der Waals surface area (Å²) in [4.78, 5) is 9.29. The summed E-state index contributed by atoms with van der Waals surface area (Å²) in [6, 6.07) is 8.41. The first-order valence-corrected chi connectivity index (χ1v) is 13.4. The van der Waals surface area contributed by atoms with E-state index in [0.717, 1.165) is 66.2 Å². The highest BCUT2D eigenvalue weighted by Gasteiger charge is 2.68. The Balaban J connectivity index is 0.943. The number of hydrazine groups is 2. The molecule has 5 aromatic rings. The smallest absolute Gasteiger partial charge is 0.137 e. The van der Waals surface area contributed by atoms with E-state index in [2.05, 4.69) is 90.0 Å². The topological polar surface area (TPSA) is 79.4 Å². The van der Waals surface area contributed by atoms with Gasteiger partial charge in [-0.15, -0.1) is 5.53 Å². The Hall–Kier alpha value is -4.15. The standard InChI is InChI=1S/C29H30FN9/c1-36-11-21-4-5-39(26(21)15-36)24-6-22(8-31-9-24)25-14-38(35-34-25)13-23-12-37-10-20(2-3-27(37)33-23)7-32-19-28-16-29(30,17-28)18-28/h2-6,8-12,14-15,32,34-35H,7,13,16-19H2,1H3. The zero-order chi connectivity index (χ0) is 26.2. The summed E-state index contributed by atoms with van der Waals surface area (Å²) in [6.07, 6.45) is 18.5. The van der Waals surface area contributed by atoms with Crippen LogP contribution in [-0.4, -0.2) is 40.7 Å². The quantitative estimate of drug-likeness (QED) is 0.287. The number of halogens is 1. The average Bonchev–Trinajstić information content (AvgIpc) is 3.66. The highest BCUT2D eigenvalue weighted by Crippen LogP contribution is 2.69. The van der Waals surface area contributed by atoms with Gasteiger partial charge in [0.15, 0.2) is 0 Å². The number of hydrogen-bond acceptors (Lipinski definition) is 6. The molecule has 0 saturated heterocycles. The van der Waals surface area contributed by atoms with Crippen LogP contribution in [0.1, 0.15) is 36.1 Å². The van der Waals surface area contributed by atoms with Gasteiger partial charge in [-0.05, 0) is 48.4 Å². The lowest BCUT2D eigenvalue weighted by Gasteiger charge is -2.66. The summed E-state index contributed by atoms with van der Waals surface area (Å²) in [5.74, 6) is 0. The monoisotopic (exact) mass is 523 g/mol. The Kier molecular flexibility index (Phi) is 4.78. The Morgan fingerprint density at radius 2 is 1.97 bits per heavy atom. The Morgan fingerprint density at radius 1 is 1.08 bits per heavy atom. The van der Waals surface area contributed by atoms with Crippen molar-refractivity contribution in [1.29, 1.82) is 0 Å². The largest absolute Gasteiger partial charge is 0.355 e. The summed E-state index contributed by atoms with van der Waals surface area (Å²) in [6.45, 7) is 2.28. The number of aromatic nitrogens is 5. The van der Waals surface area contributed by atoms with Crippen LogP contribution in [0.5, 0.6) is 0 Å². The highest BCUT2D eigenvalue weighted by molar-refractivity contribution is 5.82. The van der Waals surface area contributed by atoms with Crippen molar-refractivity contribution in [3.63, 3.8) is 0 Å². The normalized spacial score (nSPS) is 23.6. The molecule has 198 valence electrons. The molecule has 0 spiro atoms.